The van der Waals surface area contributed by atoms with Crippen LogP contribution in [-0.2, 0) is 6.42 Å². The van der Waals surface area contributed by atoms with Gasteiger partial charge in [-0.15, -0.1) is 0 Å². The Kier molecular flexibility index (Phi) is 3.20. The smallest absolute Gasteiger partial charge is 0.231 e. The van der Waals surface area contributed by atoms with Crippen molar-refractivity contribution in [1.29, 1.82) is 5.26 Å². The van der Waals surface area contributed by atoms with Gasteiger partial charge < -0.3 is 4.74 Å². The monoisotopic (exact) mass is 241 g/mol. The highest BCUT2D eigenvalue weighted by Crippen LogP contribution is 2.24. The van der Waals surface area contributed by atoms with Gasteiger partial charge in [-0.05, 0) is 22.9 Å². The molecule has 0 N–H and O–H groups in total. The quantitative estimate of drug-likeness (QED) is 0.790. The van der Waals surface area contributed by atoms with E-state index in [-0.39, 0.29) is 6.42 Å². The van der Waals surface area contributed by atoms with Crippen LogP contribution in [0, 0.1) is 18.3 Å². The van der Waals surface area contributed by atoms with Crippen LogP contribution >= 0.6 is 15.9 Å². The molecular weight excluding hydrogens is 234 g/mol. The molecule has 0 fully saturated rings. The van der Waals surface area contributed by atoms with Crippen LogP contribution in [0.5, 0.6) is 5.88 Å². The van der Waals surface area contributed by atoms with Gasteiger partial charge in [-0.3, -0.25) is 0 Å². The molecule has 68 valence electrons. The third kappa shape index (κ3) is 2.16. The Morgan fingerprint density at radius 2 is 2.23 bits per heavy atom. The van der Waals surface area contributed by atoms with Crippen LogP contribution < -0.4 is 4.74 Å². The average molecular weight is 242 g/mol. The Morgan fingerprint density at radius 1 is 1.54 bits per heavy atom. The summed E-state index contributed by atoms with van der Waals surface area (Å²) in [4.78, 5) is 8.15. The molecule has 0 aliphatic rings. The maximum absolute atomic E-state index is 8.46. The molecule has 1 heterocycles. The summed E-state index contributed by atoms with van der Waals surface area (Å²) >= 11 is 3.29. The number of rotatable bonds is 2. The van der Waals surface area contributed by atoms with Crippen LogP contribution in [-0.4, -0.2) is 17.1 Å². The number of nitrogens with zero attached hydrogens (tertiary/aromatic N) is 3. The van der Waals surface area contributed by atoms with E-state index in [4.69, 9.17) is 10.00 Å². The number of aromatic nitrogens is 2. The highest BCUT2D eigenvalue weighted by Gasteiger charge is 2.08. The minimum atomic E-state index is 0.199. The van der Waals surface area contributed by atoms with Crippen molar-refractivity contribution in [3.05, 3.63) is 16.0 Å². The summed E-state index contributed by atoms with van der Waals surface area (Å²) in [5.74, 6) is 0.956. The summed E-state index contributed by atoms with van der Waals surface area (Å²) in [5, 5.41) is 8.46. The van der Waals surface area contributed by atoms with Gasteiger partial charge in [0.2, 0.25) is 5.88 Å². The molecule has 0 unspecified atom stereocenters. The highest BCUT2D eigenvalue weighted by molar-refractivity contribution is 9.10. The Balaban J connectivity index is 3.16. The van der Waals surface area contributed by atoms with Crippen molar-refractivity contribution in [3.8, 4) is 11.9 Å². The summed E-state index contributed by atoms with van der Waals surface area (Å²) in [5.41, 5.74) is 0.775. The molecule has 5 heteroatoms. The van der Waals surface area contributed by atoms with Gasteiger partial charge in [0.15, 0.2) is 0 Å². The van der Waals surface area contributed by atoms with E-state index in [2.05, 4.69) is 25.9 Å². The molecule has 0 aliphatic heterocycles. The molecule has 13 heavy (non-hydrogen) atoms. The van der Waals surface area contributed by atoms with E-state index >= 15 is 0 Å². The second-order valence-corrected chi connectivity index (χ2v) is 3.18. The molecule has 1 aromatic rings. The van der Waals surface area contributed by atoms with Crippen LogP contribution in [0.25, 0.3) is 0 Å². The Morgan fingerprint density at radius 3 is 2.77 bits per heavy atom. The topological polar surface area (TPSA) is 58.8 Å². The van der Waals surface area contributed by atoms with Gasteiger partial charge >= 0.3 is 0 Å². The predicted molar refractivity (Wildman–Crippen MR) is 50.3 cm³/mol. The maximum Gasteiger partial charge on any atom is 0.231 e. The molecule has 1 aromatic heterocycles. The fraction of sp³-hybridized carbons (Fsp3) is 0.375. The number of halogens is 1. The standard InChI is InChI=1S/C8H8BrN3O/c1-5-7(9)8(13-2)12-6(11-5)3-4-10/h3H2,1-2H3. The van der Waals surface area contributed by atoms with Crippen LogP contribution in [0.2, 0.25) is 0 Å². The number of methoxy groups -OCH3 is 1. The molecule has 0 atom stereocenters. The van der Waals surface area contributed by atoms with Crippen LogP contribution in [0.1, 0.15) is 11.5 Å². The summed E-state index contributed by atoms with van der Waals surface area (Å²) in [6.07, 6.45) is 0.199. The van der Waals surface area contributed by atoms with E-state index in [1.165, 1.54) is 7.11 Å². The largest absolute Gasteiger partial charge is 0.480 e. The SMILES string of the molecule is COc1nc(CC#N)nc(C)c1Br. The van der Waals surface area contributed by atoms with E-state index in [0.717, 1.165) is 10.2 Å². The summed E-state index contributed by atoms with van der Waals surface area (Å²) in [6, 6.07) is 1.99. The molecule has 0 radical (unpaired) electrons. The Labute approximate surface area is 84.7 Å². The zero-order valence-corrected chi connectivity index (χ0v) is 8.92. The van der Waals surface area contributed by atoms with E-state index in [1.807, 2.05) is 13.0 Å². The first kappa shape index (κ1) is 9.93. The van der Waals surface area contributed by atoms with Crippen molar-refractivity contribution in [3.63, 3.8) is 0 Å². The van der Waals surface area contributed by atoms with E-state index in [9.17, 15) is 0 Å². The normalized spacial score (nSPS) is 9.38. The number of nitriles is 1. The number of hydrogen-bond acceptors (Lipinski definition) is 4. The van der Waals surface area contributed by atoms with E-state index < -0.39 is 0 Å². The molecular formula is C8H8BrN3O. The van der Waals surface area contributed by atoms with Gasteiger partial charge in [0.25, 0.3) is 0 Å². The van der Waals surface area contributed by atoms with Gasteiger partial charge in [0.05, 0.1) is 25.3 Å². The first-order valence-corrected chi connectivity index (χ1v) is 4.42. The fourth-order valence-corrected chi connectivity index (χ4v) is 1.21. The van der Waals surface area contributed by atoms with Crippen LogP contribution in [0.3, 0.4) is 0 Å². The lowest BCUT2D eigenvalue weighted by Gasteiger charge is -2.05. The zero-order valence-electron chi connectivity index (χ0n) is 7.33. The van der Waals surface area contributed by atoms with Gasteiger partial charge in [-0.2, -0.15) is 10.2 Å². The number of ether oxygens (including phenoxy) is 1. The van der Waals surface area contributed by atoms with Gasteiger partial charge in [0, 0.05) is 0 Å². The minimum Gasteiger partial charge on any atom is -0.480 e. The van der Waals surface area contributed by atoms with E-state index in [1.54, 1.807) is 0 Å². The second kappa shape index (κ2) is 4.19. The molecule has 0 saturated carbocycles. The van der Waals surface area contributed by atoms with E-state index in [0.29, 0.717) is 11.7 Å². The number of aryl methyl sites for hydroxylation is 1. The first-order valence-electron chi connectivity index (χ1n) is 3.63. The molecule has 0 bridgehead atoms. The molecule has 0 amide bonds. The summed E-state index contributed by atoms with van der Waals surface area (Å²) < 4.78 is 5.74. The van der Waals surface area contributed by atoms with Gasteiger partial charge in [-0.1, -0.05) is 0 Å². The average Bonchev–Trinajstić information content (AvgIpc) is 2.11. The first-order chi connectivity index (χ1) is 6.19. The lowest BCUT2D eigenvalue weighted by Crippen LogP contribution is -2.00. The third-order valence-corrected chi connectivity index (χ3v) is 2.38. The molecule has 0 spiro atoms. The lowest BCUT2D eigenvalue weighted by molar-refractivity contribution is 0.391. The number of hydrogen-bond donors (Lipinski definition) is 0. The third-order valence-electron chi connectivity index (χ3n) is 1.46. The predicted octanol–water partition coefficient (Wildman–Crippen LogP) is 1.62. The molecule has 4 nitrogen and oxygen atoms in total. The fourth-order valence-electron chi connectivity index (χ4n) is 0.874. The zero-order chi connectivity index (χ0) is 9.84. The second-order valence-electron chi connectivity index (χ2n) is 2.38. The van der Waals surface area contributed by atoms with Crippen molar-refractivity contribution in [2.45, 2.75) is 13.3 Å². The molecule has 1 rings (SSSR count). The van der Waals surface area contributed by atoms with Crippen molar-refractivity contribution in [2.24, 2.45) is 0 Å². The van der Waals surface area contributed by atoms with Crippen LogP contribution in [0.4, 0.5) is 0 Å². The summed E-state index contributed by atoms with van der Waals surface area (Å²) in [7, 11) is 1.53. The van der Waals surface area contributed by atoms with Crippen molar-refractivity contribution >= 4 is 15.9 Å². The molecule has 0 aromatic carbocycles. The Bertz CT molecular complexity index is 359. The Hall–Kier alpha value is -1.15. The maximum atomic E-state index is 8.46. The lowest BCUT2D eigenvalue weighted by atomic mass is 10.4. The van der Waals surface area contributed by atoms with Gasteiger partial charge in [-0.25, -0.2) is 4.98 Å². The minimum absolute atomic E-state index is 0.199. The molecule has 0 saturated heterocycles. The van der Waals surface area contributed by atoms with Gasteiger partial charge in [0.1, 0.15) is 10.3 Å². The molecule has 0 aliphatic carbocycles. The van der Waals surface area contributed by atoms with Crippen molar-refractivity contribution in [1.82, 2.24) is 9.97 Å². The highest BCUT2D eigenvalue weighted by atomic mass is 79.9. The van der Waals surface area contributed by atoms with Crippen LogP contribution in [0.15, 0.2) is 4.47 Å². The van der Waals surface area contributed by atoms with Crippen molar-refractivity contribution in [2.75, 3.05) is 7.11 Å². The van der Waals surface area contributed by atoms with Crippen molar-refractivity contribution < 1.29 is 4.74 Å². The summed E-state index contributed by atoms with van der Waals surface area (Å²) in [6.45, 7) is 1.83.